The minimum atomic E-state index is -0.868. The van der Waals surface area contributed by atoms with Gasteiger partial charge >= 0.3 is 5.97 Å². The van der Waals surface area contributed by atoms with Gasteiger partial charge in [0, 0.05) is 13.8 Å². The Morgan fingerprint density at radius 2 is 2.25 bits per heavy atom. The molecule has 0 bridgehead atoms. The Bertz CT molecular complexity index is 80.1. The van der Waals surface area contributed by atoms with Gasteiger partial charge in [-0.3, -0.25) is 4.79 Å². The van der Waals surface area contributed by atoms with Crippen molar-refractivity contribution in [2.45, 2.75) is 20.1 Å². The van der Waals surface area contributed by atoms with Crippen molar-refractivity contribution in [1.29, 1.82) is 0 Å². The summed E-state index contributed by atoms with van der Waals surface area (Å²) in [5, 5.41) is 7.81. The van der Waals surface area contributed by atoms with Crippen LogP contribution in [0.3, 0.4) is 0 Å². The Balaban J connectivity index is 3.24. The summed E-state index contributed by atoms with van der Waals surface area (Å²) in [6, 6.07) is 0. The molecule has 0 rings (SSSR count). The summed E-state index contributed by atoms with van der Waals surface area (Å²) in [5.41, 5.74) is 0. The van der Waals surface area contributed by atoms with E-state index in [0.29, 0.717) is 0 Å². The zero-order chi connectivity index (χ0) is 6.57. The molecule has 0 aromatic carbocycles. The highest BCUT2D eigenvalue weighted by atomic mass is 17.1. The van der Waals surface area contributed by atoms with Crippen LogP contribution in [0.25, 0.3) is 0 Å². The zero-order valence-electron chi connectivity index (χ0n) is 4.75. The first-order chi connectivity index (χ1) is 3.66. The maximum absolute atomic E-state index is 10.00. The van der Waals surface area contributed by atoms with Crippen molar-refractivity contribution in [3.8, 4) is 0 Å². The summed E-state index contributed by atoms with van der Waals surface area (Å²) in [7, 11) is 0. The molecule has 1 N–H and O–H groups in total. The lowest BCUT2D eigenvalue weighted by atomic mass is 10.7. The molecule has 0 radical (unpaired) electrons. The van der Waals surface area contributed by atoms with Crippen LogP contribution in [0, 0.1) is 0 Å². The lowest BCUT2D eigenvalue weighted by molar-refractivity contribution is -0.330. The maximum atomic E-state index is 10.00. The number of rotatable bonds is 2. The van der Waals surface area contributed by atoms with Crippen LogP contribution >= 0.6 is 0 Å². The molecule has 0 fully saturated rings. The molecular formula is C4H8O4. The molecule has 0 spiro atoms. The summed E-state index contributed by atoms with van der Waals surface area (Å²) in [4.78, 5) is 13.6. The van der Waals surface area contributed by atoms with Crippen molar-refractivity contribution in [2.24, 2.45) is 0 Å². The molecule has 0 amide bonds. The van der Waals surface area contributed by atoms with Crippen LogP contribution in [-0.4, -0.2) is 17.5 Å². The van der Waals surface area contributed by atoms with Gasteiger partial charge in [-0.05, 0) is 0 Å². The highest BCUT2D eigenvalue weighted by molar-refractivity contribution is 5.65. The van der Waals surface area contributed by atoms with Crippen molar-refractivity contribution in [1.82, 2.24) is 0 Å². The average Bonchev–Trinajstić information content (AvgIpc) is 1.65. The Hall–Kier alpha value is -0.610. The van der Waals surface area contributed by atoms with Crippen LogP contribution in [0.5, 0.6) is 0 Å². The Morgan fingerprint density at radius 3 is 2.38 bits per heavy atom. The highest BCUT2D eigenvalue weighted by Gasteiger charge is 2.01. The third kappa shape index (κ3) is 3.58. The van der Waals surface area contributed by atoms with E-state index in [9.17, 15) is 4.79 Å². The van der Waals surface area contributed by atoms with Gasteiger partial charge in [-0.2, -0.15) is 4.89 Å². The molecule has 48 valence electrons. The SMILES string of the molecule is CC(=O)OC(C)OO. The number of hydrogen-bond acceptors (Lipinski definition) is 4. The van der Waals surface area contributed by atoms with E-state index in [1.54, 1.807) is 0 Å². The monoisotopic (exact) mass is 120 g/mol. The van der Waals surface area contributed by atoms with E-state index >= 15 is 0 Å². The fourth-order valence-electron chi connectivity index (χ4n) is 0.255. The molecular weight excluding hydrogens is 112 g/mol. The predicted molar refractivity (Wildman–Crippen MR) is 24.9 cm³/mol. The molecule has 0 saturated carbocycles. The number of esters is 1. The lowest BCUT2D eigenvalue weighted by Crippen LogP contribution is -2.13. The summed E-state index contributed by atoms with van der Waals surface area (Å²) < 4.78 is 4.29. The first-order valence-electron chi connectivity index (χ1n) is 2.14. The Morgan fingerprint density at radius 1 is 1.75 bits per heavy atom. The molecule has 0 aromatic heterocycles. The minimum absolute atomic E-state index is 0.480. The summed E-state index contributed by atoms with van der Waals surface area (Å²) >= 11 is 0. The van der Waals surface area contributed by atoms with Gasteiger partial charge < -0.3 is 4.74 Å². The van der Waals surface area contributed by atoms with E-state index < -0.39 is 12.3 Å². The molecule has 4 nitrogen and oxygen atoms in total. The second-order valence-electron chi connectivity index (χ2n) is 1.28. The first-order valence-corrected chi connectivity index (χ1v) is 2.14. The van der Waals surface area contributed by atoms with E-state index in [1.807, 2.05) is 0 Å². The smallest absolute Gasteiger partial charge is 0.305 e. The van der Waals surface area contributed by atoms with Crippen molar-refractivity contribution in [2.75, 3.05) is 0 Å². The van der Waals surface area contributed by atoms with Crippen molar-refractivity contribution in [3.63, 3.8) is 0 Å². The fraction of sp³-hybridized carbons (Fsp3) is 0.750. The van der Waals surface area contributed by atoms with E-state index in [0.717, 1.165) is 0 Å². The van der Waals surface area contributed by atoms with E-state index in [-0.39, 0.29) is 0 Å². The molecule has 0 aromatic rings. The Labute approximate surface area is 46.9 Å². The summed E-state index contributed by atoms with van der Waals surface area (Å²) in [6.45, 7) is 2.64. The second kappa shape index (κ2) is 3.40. The van der Waals surface area contributed by atoms with Gasteiger partial charge in [-0.1, -0.05) is 0 Å². The first kappa shape index (κ1) is 7.39. The van der Waals surface area contributed by atoms with Gasteiger partial charge in [0.05, 0.1) is 0 Å². The van der Waals surface area contributed by atoms with Gasteiger partial charge in [-0.15, -0.1) is 0 Å². The number of carbonyl (C=O) groups excluding carboxylic acids is 1. The fourth-order valence-corrected chi connectivity index (χ4v) is 0.255. The number of carbonyl (C=O) groups is 1. The topological polar surface area (TPSA) is 55.8 Å². The maximum Gasteiger partial charge on any atom is 0.305 e. The quantitative estimate of drug-likeness (QED) is 0.248. The molecule has 4 heteroatoms. The number of ether oxygens (including phenoxy) is 1. The van der Waals surface area contributed by atoms with Gasteiger partial charge in [-0.25, -0.2) is 5.26 Å². The third-order valence-corrected chi connectivity index (χ3v) is 0.480. The van der Waals surface area contributed by atoms with Crippen molar-refractivity contribution in [3.05, 3.63) is 0 Å². The Kier molecular flexibility index (Phi) is 3.14. The van der Waals surface area contributed by atoms with Gasteiger partial charge in [0.25, 0.3) is 0 Å². The molecule has 8 heavy (non-hydrogen) atoms. The largest absolute Gasteiger partial charge is 0.433 e. The number of hydrogen-bond donors (Lipinski definition) is 1. The van der Waals surface area contributed by atoms with E-state index in [1.165, 1.54) is 13.8 Å². The summed E-state index contributed by atoms with van der Waals surface area (Å²) in [5.74, 6) is -0.480. The normalized spacial score (nSPS) is 12.9. The van der Waals surface area contributed by atoms with Crippen LogP contribution in [0.15, 0.2) is 0 Å². The third-order valence-electron chi connectivity index (χ3n) is 0.480. The average molecular weight is 120 g/mol. The van der Waals surface area contributed by atoms with Crippen LogP contribution in [0.1, 0.15) is 13.8 Å². The highest BCUT2D eigenvalue weighted by Crippen LogP contribution is 1.88. The summed E-state index contributed by atoms with van der Waals surface area (Å²) in [6.07, 6.45) is -0.868. The van der Waals surface area contributed by atoms with Crippen LogP contribution < -0.4 is 0 Å². The van der Waals surface area contributed by atoms with Gasteiger partial charge in [0.2, 0.25) is 6.29 Å². The van der Waals surface area contributed by atoms with Crippen molar-refractivity contribution < 1.29 is 19.7 Å². The molecule has 1 atom stereocenters. The molecule has 0 saturated heterocycles. The predicted octanol–water partition coefficient (Wildman–Crippen LogP) is 0.385. The van der Waals surface area contributed by atoms with Crippen LogP contribution in [0.2, 0.25) is 0 Å². The second-order valence-corrected chi connectivity index (χ2v) is 1.28. The van der Waals surface area contributed by atoms with E-state index in [4.69, 9.17) is 5.26 Å². The van der Waals surface area contributed by atoms with Crippen molar-refractivity contribution >= 4 is 5.97 Å². The molecule has 1 unspecified atom stereocenters. The van der Waals surface area contributed by atoms with Gasteiger partial charge in [0.1, 0.15) is 0 Å². The van der Waals surface area contributed by atoms with Crippen LogP contribution in [0.4, 0.5) is 0 Å². The molecule has 0 aliphatic carbocycles. The standard InChI is InChI=1S/C4H8O4/c1-3(5)7-4(2)8-6/h4,6H,1-2H3. The van der Waals surface area contributed by atoms with Crippen LogP contribution in [-0.2, 0) is 14.4 Å². The minimum Gasteiger partial charge on any atom is -0.433 e. The van der Waals surface area contributed by atoms with Gasteiger partial charge in [0.15, 0.2) is 0 Å². The molecule has 0 aliphatic rings. The zero-order valence-corrected chi connectivity index (χ0v) is 4.75. The van der Waals surface area contributed by atoms with E-state index in [2.05, 4.69) is 9.62 Å². The molecule has 0 heterocycles. The lowest BCUT2D eigenvalue weighted by Gasteiger charge is -2.04. The molecule has 0 aliphatic heterocycles.